The van der Waals surface area contributed by atoms with Crippen LogP contribution >= 0.6 is 22.9 Å². The van der Waals surface area contributed by atoms with Gasteiger partial charge in [-0.15, -0.1) is 0 Å². The molecule has 0 radical (unpaired) electrons. The van der Waals surface area contributed by atoms with Gasteiger partial charge < -0.3 is 5.32 Å². The van der Waals surface area contributed by atoms with E-state index < -0.39 is 0 Å². The monoisotopic (exact) mass is 274 g/mol. The van der Waals surface area contributed by atoms with Gasteiger partial charge in [-0.3, -0.25) is 0 Å². The third-order valence-corrected chi connectivity index (χ3v) is 3.87. The molecule has 0 spiro atoms. The Balaban J connectivity index is 1.98. The van der Waals surface area contributed by atoms with Crippen molar-refractivity contribution in [2.45, 2.75) is 6.92 Å². The zero-order chi connectivity index (χ0) is 12.5. The number of rotatable bonds is 2. The first-order valence-corrected chi connectivity index (χ1v) is 6.80. The molecule has 90 valence electrons. The predicted octanol–water partition coefficient (Wildman–Crippen LogP) is 5.00. The standard InChI is InChI=1S/C14H11ClN2S/c1-9-4-2-7-12-13(9)17-14(18-12)16-11-6-3-5-10(15)8-11/h2-8H,1H3,(H,16,17). The summed E-state index contributed by atoms with van der Waals surface area (Å²) in [5.74, 6) is 0. The summed E-state index contributed by atoms with van der Waals surface area (Å²) < 4.78 is 1.19. The third-order valence-electron chi connectivity index (χ3n) is 2.70. The van der Waals surface area contributed by atoms with E-state index in [1.165, 1.54) is 10.3 Å². The van der Waals surface area contributed by atoms with Crippen molar-refractivity contribution in [3.63, 3.8) is 0 Å². The molecule has 3 rings (SSSR count). The summed E-state index contributed by atoms with van der Waals surface area (Å²) in [6, 6.07) is 13.9. The van der Waals surface area contributed by atoms with Gasteiger partial charge in [-0.1, -0.05) is 41.1 Å². The Morgan fingerprint density at radius 2 is 2.00 bits per heavy atom. The largest absolute Gasteiger partial charge is 0.331 e. The van der Waals surface area contributed by atoms with E-state index in [-0.39, 0.29) is 0 Å². The Morgan fingerprint density at radius 3 is 2.78 bits per heavy atom. The molecule has 1 heterocycles. The minimum atomic E-state index is 0.720. The van der Waals surface area contributed by atoms with Crippen LogP contribution in [0.1, 0.15) is 5.56 Å². The highest BCUT2D eigenvalue weighted by Gasteiger charge is 2.05. The lowest BCUT2D eigenvalue weighted by Crippen LogP contribution is -1.88. The van der Waals surface area contributed by atoms with Gasteiger partial charge in [0, 0.05) is 10.7 Å². The van der Waals surface area contributed by atoms with Crippen LogP contribution in [0.15, 0.2) is 42.5 Å². The molecule has 0 aliphatic carbocycles. The molecule has 0 fully saturated rings. The molecule has 0 amide bonds. The average Bonchev–Trinajstić information content (AvgIpc) is 2.73. The molecular weight excluding hydrogens is 264 g/mol. The van der Waals surface area contributed by atoms with Crippen LogP contribution in [0, 0.1) is 6.92 Å². The van der Waals surface area contributed by atoms with Crippen LogP contribution in [0.25, 0.3) is 10.2 Å². The molecule has 0 atom stereocenters. The second kappa shape index (κ2) is 4.59. The Morgan fingerprint density at radius 1 is 1.17 bits per heavy atom. The van der Waals surface area contributed by atoms with Gasteiger partial charge in [0.25, 0.3) is 0 Å². The zero-order valence-electron chi connectivity index (χ0n) is 9.77. The van der Waals surface area contributed by atoms with E-state index in [9.17, 15) is 0 Å². The van der Waals surface area contributed by atoms with Gasteiger partial charge in [-0.2, -0.15) is 0 Å². The fraction of sp³-hybridized carbons (Fsp3) is 0.0714. The molecule has 2 nitrogen and oxygen atoms in total. The summed E-state index contributed by atoms with van der Waals surface area (Å²) in [7, 11) is 0. The second-order valence-electron chi connectivity index (χ2n) is 4.08. The van der Waals surface area contributed by atoms with Crippen molar-refractivity contribution in [3.8, 4) is 0 Å². The lowest BCUT2D eigenvalue weighted by molar-refractivity contribution is 1.40. The minimum Gasteiger partial charge on any atom is -0.331 e. The van der Waals surface area contributed by atoms with Gasteiger partial charge in [0.1, 0.15) is 0 Å². The van der Waals surface area contributed by atoms with Gasteiger partial charge >= 0.3 is 0 Å². The highest BCUT2D eigenvalue weighted by Crippen LogP contribution is 2.30. The zero-order valence-corrected chi connectivity index (χ0v) is 11.3. The summed E-state index contributed by atoms with van der Waals surface area (Å²) in [6.45, 7) is 2.07. The molecule has 3 aromatic rings. The van der Waals surface area contributed by atoms with E-state index in [2.05, 4.69) is 35.4 Å². The number of anilines is 2. The number of hydrogen-bond donors (Lipinski definition) is 1. The summed E-state index contributed by atoms with van der Waals surface area (Å²) >= 11 is 7.60. The van der Waals surface area contributed by atoms with Crippen molar-refractivity contribution in [3.05, 3.63) is 53.1 Å². The van der Waals surface area contributed by atoms with Crippen LogP contribution in [-0.2, 0) is 0 Å². The average molecular weight is 275 g/mol. The number of hydrogen-bond acceptors (Lipinski definition) is 3. The fourth-order valence-corrected chi connectivity index (χ4v) is 2.98. The highest BCUT2D eigenvalue weighted by atomic mass is 35.5. The molecule has 0 unspecified atom stereocenters. The van der Waals surface area contributed by atoms with Crippen molar-refractivity contribution < 1.29 is 0 Å². The Labute approximate surface area is 114 Å². The van der Waals surface area contributed by atoms with Crippen molar-refractivity contribution in [1.29, 1.82) is 0 Å². The Kier molecular flexibility index (Phi) is 2.94. The molecule has 1 N–H and O–H groups in total. The molecule has 18 heavy (non-hydrogen) atoms. The van der Waals surface area contributed by atoms with E-state index in [1.807, 2.05) is 24.3 Å². The first kappa shape index (κ1) is 11.5. The number of aryl methyl sites for hydroxylation is 1. The van der Waals surface area contributed by atoms with Crippen molar-refractivity contribution in [2.75, 3.05) is 5.32 Å². The van der Waals surface area contributed by atoms with Crippen LogP contribution < -0.4 is 5.32 Å². The normalized spacial score (nSPS) is 10.8. The van der Waals surface area contributed by atoms with E-state index in [0.717, 1.165) is 21.4 Å². The van der Waals surface area contributed by atoms with Crippen LogP contribution in [0.5, 0.6) is 0 Å². The van der Waals surface area contributed by atoms with Gasteiger partial charge in [0.15, 0.2) is 5.13 Å². The van der Waals surface area contributed by atoms with Crippen molar-refractivity contribution >= 4 is 44.0 Å². The SMILES string of the molecule is Cc1cccc2sc(Nc3cccc(Cl)c3)nc12. The number of benzene rings is 2. The molecule has 0 bridgehead atoms. The van der Waals surface area contributed by atoms with Crippen molar-refractivity contribution in [2.24, 2.45) is 0 Å². The maximum Gasteiger partial charge on any atom is 0.188 e. The second-order valence-corrected chi connectivity index (χ2v) is 5.54. The van der Waals surface area contributed by atoms with Gasteiger partial charge in [0.05, 0.1) is 10.2 Å². The third kappa shape index (κ3) is 2.19. The summed E-state index contributed by atoms with van der Waals surface area (Å²) in [5.41, 5.74) is 3.22. The topological polar surface area (TPSA) is 24.9 Å². The number of nitrogens with zero attached hydrogens (tertiary/aromatic N) is 1. The maximum absolute atomic E-state index is 5.96. The molecule has 0 aliphatic rings. The number of fused-ring (bicyclic) bond motifs is 1. The maximum atomic E-state index is 5.96. The lowest BCUT2D eigenvalue weighted by atomic mass is 10.2. The minimum absolute atomic E-state index is 0.720. The molecule has 2 aromatic carbocycles. The van der Waals surface area contributed by atoms with E-state index in [4.69, 9.17) is 11.6 Å². The highest BCUT2D eigenvalue weighted by molar-refractivity contribution is 7.22. The van der Waals surface area contributed by atoms with Crippen LogP contribution in [0.2, 0.25) is 5.02 Å². The van der Waals surface area contributed by atoms with Gasteiger partial charge in [-0.25, -0.2) is 4.98 Å². The van der Waals surface area contributed by atoms with Gasteiger partial charge in [0.2, 0.25) is 0 Å². The smallest absolute Gasteiger partial charge is 0.188 e. The van der Waals surface area contributed by atoms with Crippen molar-refractivity contribution in [1.82, 2.24) is 4.98 Å². The molecule has 1 aromatic heterocycles. The number of nitrogens with one attached hydrogen (secondary N) is 1. The number of aromatic nitrogens is 1. The quantitative estimate of drug-likeness (QED) is 0.711. The number of halogens is 1. The molecule has 0 saturated carbocycles. The first-order chi connectivity index (χ1) is 8.72. The van der Waals surface area contributed by atoms with E-state index in [0.29, 0.717) is 0 Å². The first-order valence-electron chi connectivity index (χ1n) is 5.61. The summed E-state index contributed by atoms with van der Waals surface area (Å²) in [4.78, 5) is 4.60. The van der Waals surface area contributed by atoms with E-state index >= 15 is 0 Å². The Bertz CT molecular complexity index is 706. The molecule has 4 heteroatoms. The predicted molar refractivity (Wildman–Crippen MR) is 79.1 cm³/mol. The Hall–Kier alpha value is -1.58. The lowest BCUT2D eigenvalue weighted by Gasteiger charge is -2.01. The number of para-hydroxylation sites is 1. The summed E-state index contributed by atoms with van der Waals surface area (Å²) in [5, 5.41) is 4.89. The number of thiazole rings is 1. The molecular formula is C14H11ClN2S. The van der Waals surface area contributed by atoms with E-state index in [1.54, 1.807) is 11.3 Å². The van der Waals surface area contributed by atoms with Gasteiger partial charge in [-0.05, 0) is 36.8 Å². The van der Waals surface area contributed by atoms with Crippen LogP contribution in [0.3, 0.4) is 0 Å². The van der Waals surface area contributed by atoms with Crippen LogP contribution in [0.4, 0.5) is 10.8 Å². The summed E-state index contributed by atoms with van der Waals surface area (Å²) in [6.07, 6.45) is 0. The van der Waals surface area contributed by atoms with Crippen LogP contribution in [-0.4, -0.2) is 4.98 Å². The molecule has 0 aliphatic heterocycles. The molecule has 0 saturated heterocycles. The fourth-order valence-electron chi connectivity index (χ4n) is 1.83.